The van der Waals surface area contributed by atoms with Crippen molar-refractivity contribution in [3.05, 3.63) is 28.2 Å². The third-order valence-corrected chi connectivity index (χ3v) is 2.91. The average molecular weight is 299 g/mol. The fourth-order valence-electron chi connectivity index (χ4n) is 1.48. The molecule has 2 N–H and O–H groups in total. The lowest BCUT2D eigenvalue weighted by atomic mass is 10.2. The van der Waals surface area contributed by atoms with Gasteiger partial charge in [-0.15, -0.1) is 0 Å². The molecule has 0 saturated carbocycles. The highest BCUT2D eigenvalue weighted by molar-refractivity contribution is 9.10. The summed E-state index contributed by atoms with van der Waals surface area (Å²) in [4.78, 5) is 11.6. The second-order valence-electron chi connectivity index (χ2n) is 4.01. The third-order valence-electron chi connectivity index (χ3n) is 2.42. The van der Waals surface area contributed by atoms with E-state index in [1.807, 2.05) is 25.1 Å². The van der Waals surface area contributed by atoms with E-state index in [1.54, 1.807) is 0 Å². The SMILES string of the molecule is CCCNCCC(=O)Nc1ccc(Br)cc1C. The zero-order chi connectivity index (χ0) is 12.7. The lowest BCUT2D eigenvalue weighted by Gasteiger charge is -2.09. The molecule has 1 aromatic carbocycles. The minimum atomic E-state index is 0.0547. The van der Waals surface area contributed by atoms with Crippen LogP contribution in [0.5, 0.6) is 0 Å². The van der Waals surface area contributed by atoms with Crippen LogP contribution in [0.4, 0.5) is 5.69 Å². The number of anilines is 1. The number of carbonyl (C=O) groups excluding carboxylic acids is 1. The van der Waals surface area contributed by atoms with Crippen molar-refractivity contribution in [3.8, 4) is 0 Å². The second kappa shape index (κ2) is 7.45. The van der Waals surface area contributed by atoms with Crippen LogP contribution in [-0.2, 0) is 4.79 Å². The van der Waals surface area contributed by atoms with Crippen LogP contribution < -0.4 is 10.6 Å². The summed E-state index contributed by atoms with van der Waals surface area (Å²) < 4.78 is 1.03. The van der Waals surface area contributed by atoms with Crippen LogP contribution in [-0.4, -0.2) is 19.0 Å². The van der Waals surface area contributed by atoms with Gasteiger partial charge in [0.25, 0.3) is 0 Å². The maximum absolute atomic E-state index is 11.6. The summed E-state index contributed by atoms with van der Waals surface area (Å²) in [7, 11) is 0. The third kappa shape index (κ3) is 5.33. The molecule has 1 aromatic rings. The Labute approximate surface area is 111 Å². The molecule has 0 bridgehead atoms. The number of hydrogen-bond acceptors (Lipinski definition) is 2. The summed E-state index contributed by atoms with van der Waals surface area (Å²) in [6.07, 6.45) is 1.60. The second-order valence-corrected chi connectivity index (χ2v) is 4.92. The molecular formula is C13H19BrN2O. The van der Waals surface area contributed by atoms with Gasteiger partial charge in [-0.3, -0.25) is 4.79 Å². The fourth-order valence-corrected chi connectivity index (χ4v) is 1.96. The Balaban J connectivity index is 2.40. The van der Waals surface area contributed by atoms with Gasteiger partial charge in [0.05, 0.1) is 0 Å². The normalized spacial score (nSPS) is 10.3. The van der Waals surface area contributed by atoms with Crippen molar-refractivity contribution in [1.82, 2.24) is 5.32 Å². The van der Waals surface area contributed by atoms with Gasteiger partial charge in [-0.25, -0.2) is 0 Å². The molecule has 17 heavy (non-hydrogen) atoms. The first-order valence-corrected chi connectivity index (χ1v) is 6.69. The zero-order valence-corrected chi connectivity index (χ0v) is 11.9. The minimum absolute atomic E-state index is 0.0547. The Morgan fingerprint density at radius 2 is 2.12 bits per heavy atom. The molecule has 0 fully saturated rings. The topological polar surface area (TPSA) is 41.1 Å². The first-order chi connectivity index (χ1) is 8.13. The van der Waals surface area contributed by atoms with Crippen LogP contribution in [0.15, 0.2) is 22.7 Å². The highest BCUT2D eigenvalue weighted by Crippen LogP contribution is 2.19. The van der Waals surface area contributed by atoms with Gasteiger partial charge in [-0.2, -0.15) is 0 Å². The number of halogens is 1. The van der Waals surface area contributed by atoms with Gasteiger partial charge in [0.1, 0.15) is 0 Å². The molecule has 0 radical (unpaired) electrons. The van der Waals surface area contributed by atoms with Gasteiger partial charge in [0, 0.05) is 23.1 Å². The summed E-state index contributed by atoms with van der Waals surface area (Å²) >= 11 is 3.40. The average Bonchev–Trinajstić information content (AvgIpc) is 2.28. The predicted molar refractivity (Wildman–Crippen MR) is 75.3 cm³/mol. The summed E-state index contributed by atoms with van der Waals surface area (Å²) in [6.45, 7) is 5.79. The van der Waals surface area contributed by atoms with Crippen molar-refractivity contribution in [1.29, 1.82) is 0 Å². The van der Waals surface area contributed by atoms with E-state index in [2.05, 4.69) is 33.5 Å². The lowest BCUT2D eigenvalue weighted by Crippen LogP contribution is -2.22. The van der Waals surface area contributed by atoms with Crippen LogP contribution in [0.1, 0.15) is 25.3 Å². The molecule has 4 heteroatoms. The number of carbonyl (C=O) groups is 1. The number of aryl methyl sites for hydroxylation is 1. The number of amides is 1. The van der Waals surface area contributed by atoms with Crippen molar-refractivity contribution in [2.24, 2.45) is 0 Å². The molecule has 0 heterocycles. The predicted octanol–water partition coefficient (Wildman–Crippen LogP) is 3.09. The molecule has 0 aliphatic rings. The summed E-state index contributed by atoms with van der Waals surface area (Å²) in [6, 6.07) is 5.83. The standard InChI is InChI=1S/C13H19BrN2O/c1-3-7-15-8-6-13(17)16-12-5-4-11(14)9-10(12)2/h4-5,9,15H,3,6-8H2,1-2H3,(H,16,17). The molecule has 94 valence electrons. The van der Waals surface area contributed by atoms with Gasteiger partial charge < -0.3 is 10.6 Å². The van der Waals surface area contributed by atoms with Crippen molar-refractivity contribution < 1.29 is 4.79 Å². The van der Waals surface area contributed by atoms with E-state index < -0.39 is 0 Å². The van der Waals surface area contributed by atoms with E-state index >= 15 is 0 Å². The van der Waals surface area contributed by atoms with Gasteiger partial charge >= 0.3 is 0 Å². The largest absolute Gasteiger partial charge is 0.326 e. The molecular weight excluding hydrogens is 280 g/mol. The van der Waals surface area contributed by atoms with Crippen molar-refractivity contribution >= 4 is 27.5 Å². The smallest absolute Gasteiger partial charge is 0.225 e. The van der Waals surface area contributed by atoms with Gasteiger partial charge in [0.15, 0.2) is 0 Å². The molecule has 0 unspecified atom stereocenters. The quantitative estimate of drug-likeness (QED) is 0.793. The zero-order valence-electron chi connectivity index (χ0n) is 10.3. The molecule has 0 aliphatic carbocycles. The Bertz CT molecular complexity index is 380. The summed E-state index contributed by atoms with van der Waals surface area (Å²) in [5.74, 6) is 0.0547. The van der Waals surface area contributed by atoms with Crippen molar-refractivity contribution in [3.63, 3.8) is 0 Å². The molecule has 0 aromatic heterocycles. The molecule has 0 aliphatic heterocycles. The highest BCUT2D eigenvalue weighted by atomic mass is 79.9. The molecule has 3 nitrogen and oxygen atoms in total. The maximum atomic E-state index is 11.6. The first kappa shape index (κ1) is 14.2. The number of benzene rings is 1. The molecule has 0 saturated heterocycles. The van der Waals surface area contributed by atoms with Crippen LogP contribution in [0.3, 0.4) is 0 Å². The van der Waals surface area contributed by atoms with E-state index in [-0.39, 0.29) is 5.91 Å². The first-order valence-electron chi connectivity index (χ1n) is 5.90. The van der Waals surface area contributed by atoms with E-state index in [0.717, 1.165) is 35.2 Å². The van der Waals surface area contributed by atoms with Crippen LogP contribution in [0.2, 0.25) is 0 Å². The van der Waals surface area contributed by atoms with Crippen LogP contribution >= 0.6 is 15.9 Å². The number of hydrogen-bond donors (Lipinski definition) is 2. The van der Waals surface area contributed by atoms with Gasteiger partial charge in [-0.1, -0.05) is 22.9 Å². The molecule has 0 atom stereocenters. The van der Waals surface area contributed by atoms with Gasteiger partial charge in [-0.05, 0) is 43.7 Å². The summed E-state index contributed by atoms with van der Waals surface area (Å²) in [5.41, 5.74) is 1.95. The Kier molecular flexibility index (Phi) is 6.22. The Hall–Kier alpha value is -0.870. The van der Waals surface area contributed by atoms with E-state index in [4.69, 9.17) is 0 Å². The fraction of sp³-hybridized carbons (Fsp3) is 0.462. The highest BCUT2D eigenvalue weighted by Gasteiger charge is 2.04. The van der Waals surface area contributed by atoms with Crippen LogP contribution in [0, 0.1) is 6.92 Å². The lowest BCUT2D eigenvalue weighted by molar-refractivity contribution is -0.116. The van der Waals surface area contributed by atoms with Gasteiger partial charge in [0.2, 0.25) is 5.91 Å². The molecule has 0 spiro atoms. The Morgan fingerprint density at radius 1 is 1.35 bits per heavy atom. The summed E-state index contributed by atoms with van der Waals surface area (Å²) in [5, 5.41) is 6.12. The molecule has 1 amide bonds. The van der Waals surface area contributed by atoms with Crippen LogP contribution in [0.25, 0.3) is 0 Å². The van der Waals surface area contributed by atoms with E-state index in [9.17, 15) is 4.79 Å². The minimum Gasteiger partial charge on any atom is -0.326 e. The number of nitrogens with one attached hydrogen (secondary N) is 2. The van der Waals surface area contributed by atoms with E-state index in [1.165, 1.54) is 0 Å². The number of rotatable bonds is 6. The monoisotopic (exact) mass is 298 g/mol. The molecule has 1 rings (SSSR count). The van der Waals surface area contributed by atoms with Crippen molar-refractivity contribution in [2.75, 3.05) is 18.4 Å². The van der Waals surface area contributed by atoms with Crippen molar-refractivity contribution in [2.45, 2.75) is 26.7 Å². The van der Waals surface area contributed by atoms with E-state index in [0.29, 0.717) is 6.42 Å². The maximum Gasteiger partial charge on any atom is 0.225 e. The Morgan fingerprint density at radius 3 is 2.76 bits per heavy atom.